The molecule has 0 bridgehead atoms. The van der Waals surface area contributed by atoms with Crippen LogP contribution in [0.4, 0.5) is 9.18 Å². The van der Waals surface area contributed by atoms with E-state index in [0.717, 1.165) is 18.9 Å². The number of hydrogen-bond acceptors (Lipinski definition) is 4. The summed E-state index contributed by atoms with van der Waals surface area (Å²) in [5.41, 5.74) is -0.505. The number of halogens is 2. The number of hydrogen-bond donors (Lipinski definition) is 1. The summed E-state index contributed by atoms with van der Waals surface area (Å²) in [6, 6.07) is 4.02. The molecule has 27 heavy (non-hydrogen) atoms. The molecule has 1 fully saturated rings. The summed E-state index contributed by atoms with van der Waals surface area (Å²) in [4.78, 5) is 25.6. The number of carbonyl (C=O) groups excluding carboxylic acids is 2. The van der Waals surface area contributed by atoms with E-state index < -0.39 is 11.4 Å². The van der Waals surface area contributed by atoms with Crippen LogP contribution in [-0.2, 0) is 9.53 Å². The normalized spacial score (nSPS) is 15.4. The van der Waals surface area contributed by atoms with E-state index in [-0.39, 0.29) is 29.4 Å². The SMILES string of the molecule is CC(C)(C)OC(=O)N1CCC(CNC(=O)COc2ccc(Cl)c(F)c2)CC1. The maximum absolute atomic E-state index is 13.3. The van der Waals surface area contributed by atoms with Crippen molar-refractivity contribution in [2.75, 3.05) is 26.2 Å². The van der Waals surface area contributed by atoms with Gasteiger partial charge < -0.3 is 19.7 Å². The van der Waals surface area contributed by atoms with Crippen LogP contribution in [0.15, 0.2) is 18.2 Å². The van der Waals surface area contributed by atoms with Crippen LogP contribution in [0.25, 0.3) is 0 Å². The molecule has 2 rings (SSSR count). The van der Waals surface area contributed by atoms with E-state index in [9.17, 15) is 14.0 Å². The van der Waals surface area contributed by atoms with Crippen molar-refractivity contribution in [1.82, 2.24) is 10.2 Å². The van der Waals surface area contributed by atoms with Gasteiger partial charge in [-0.15, -0.1) is 0 Å². The van der Waals surface area contributed by atoms with Crippen LogP contribution in [0, 0.1) is 11.7 Å². The van der Waals surface area contributed by atoms with E-state index in [4.69, 9.17) is 21.1 Å². The molecule has 1 N–H and O–H groups in total. The van der Waals surface area contributed by atoms with Gasteiger partial charge in [0.05, 0.1) is 5.02 Å². The van der Waals surface area contributed by atoms with Gasteiger partial charge in [-0.05, 0) is 51.7 Å². The molecule has 0 saturated carbocycles. The number of nitrogens with zero attached hydrogens (tertiary/aromatic N) is 1. The molecule has 0 atom stereocenters. The van der Waals surface area contributed by atoms with Crippen molar-refractivity contribution in [3.8, 4) is 5.75 Å². The molecule has 1 aromatic rings. The van der Waals surface area contributed by atoms with Crippen LogP contribution >= 0.6 is 11.6 Å². The Hall–Kier alpha value is -2.02. The molecular formula is C19H26ClFN2O4. The second kappa shape index (κ2) is 9.26. The number of carbonyl (C=O) groups is 2. The Morgan fingerprint density at radius 3 is 2.56 bits per heavy atom. The maximum Gasteiger partial charge on any atom is 0.410 e. The van der Waals surface area contributed by atoms with Crippen molar-refractivity contribution in [1.29, 1.82) is 0 Å². The molecule has 8 heteroatoms. The molecule has 1 aromatic carbocycles. The molecule has 6 nitrogen and oxygen atoms in total. The van der Waals surface area contributed by atoms with Gasteiger partial charge in [-0.2, -0.15) is 0 Å². The number of likely N-dealkylation sites (tertiary alicyclic amines) is 1. The predicted molar refractivity (Wildman–Crippen MR) is 100 cm³/mol. The molecule has 150 valence electrons. The van der Waals surface area contributed by atoms with Crippen LogP contribution in [0.2, 0.25) is 5.02 Å². The van der Waals surface area contributed by atoms with Crippen molar-refractivity contribution < 1.29 is 23.5 Å². The smallest absolute Gasteiger partial charge is 0.410 e. The third-order valence-corrected chi connectivity index (χ3v) is 4.42. The molecule has 0 aliphatic carbocycles. The predicted octanol–water partition coefficient (Wildman–Crippen LogP) is 3.62. The fourth-order valence-electron chi connectivity index (χ4n) is 2.67. The second-order valence-electron chi connectivity index (χ2n) is 7.58. The minimum atomic E-state index is -0.591. The average Bonchev–Trinajstić information content (AvgIpc) is 2.60. The molecule has 0 unspecified atom stereocenters. The molecule has 0 radical (unpaired) electrons. The lowest BCUT2D eigenvalue weighted by Crippen LogP contribution is -2.44. The summed E-state index contributed by atoms with van der Waals surface area (Å²) < 4.78 is 23.9. The minimum Gasteiger partial charge on any atom is -0.484 e. The van der Waals surface area contributed by atoms with Gasteiger partial charge in [-0.25, -0.2) is 9.18 Å². The molecule has 0 aromatic heterocycles. The summed E-state index contributed by atoms with van der Waals surface area (Å²) in [5, 5.41) is 2.82. The molecule has 1 heterocycles. The molecule has 1 aliphatic heterocycles. The Morgan fingerprint density at radius 2 is 1.96 bits per heavy atom. The van der Waals surface area contributed by atoms with E-state index in [0.29, 0.717) is 25.6 Å². The fourth-order valence-corrected chi connectivity index (χ4v) is 2.79. The molecule has 2 amide bonds. The van der Waals surface area contributed by atoms with E-state index in [1.54, 1.807) is 4.90 Å². The van der Waals surface area contributed by atoms with Gasteiger partial charge in [0.15, 0.2) is 6.61 Å². The van der Waals surface area contributed by atoms with Crippen molar-refractivity contribution in [3.63, 3.8) is 0 Å². The van der Waals surface area contributed by atoms with Gasteiger partial charge >= 0.3 is 6.09 Å². The van der Waals surface area contributed by atoms with Crippen LogP contribution in [0.1, 0.15) is 33.6 Å². The first kappa shape index (κ1) is 21.3. The lowest BCUT2D eigenvalue weighted by Gasteiger charge is -2.33. The number of benzene rings is 1. The van der Waals surface area contributed by atoms with Crippen LogP contribution in [-0.4, -0.2) is 48.7 Å². The quantitative estimate of drug-likeness (QED) is 0.819. The summed E-state index contributed by atoms with van der Waals surface area (Å²) in [6.07, 6.45) is 1.29. The second-order valence-corrected chi connectivity index (χ2v) is 7.99. The highest BCUT2D eigenvalue weighted by Gasteiger charge is 2.26. The number of ether oxygens (including phenoxy) is 2. The molecule has 1 saturated heterocycles. The zero-order chi connectivity index (χ0) is 20.0. The Kier molecular flexibility index (Phi) is 7.30. The van der Waals surface area contributed by atoms with E-state index in [1.165, 1.54) is 12.1 Å². The van der Waals surface area contributed by atoms with Crippen molar-refractivity contribution in [2.24, 2.45) is 5.92 Å². The number of nitrogens with one attached hydrogen (secondary N) is 1. The third-order valence-electron chi connectivity index (χ3n) is 4.12. The molecular weight excluding hydrogens is 375 g/mol. The van der Waals surface area contributed by atoms with Gasteiger partial charge in [0.2, 0.25) is 0 Å². The van der Waals surface area contributed by atoms with Crippen LogP contribution in [0.3, 0.4) is 0 Å². The largest absolute Gasteiger partial charge is 0.484 e. The first-order valence-electron chi connectivity index (χ1n) is 8.96. The molecule has 0 spiro atoms. The average molecular weight is 401 g/mol. The van der Waals surface area contributed by atoms with Crippen molar-refractivity contribution in [3.05, 3.63) is 29.0 Å². The van der Waals surface area contributed by atoms with Gasteiger partial charge in [0.25, 0.3) is 5.91 Å². The van der Waals surface area contributed by atoms with Gasteiger partial charge in [-0.3, -0.25) is 4.79 Å². The highest BCUT2D eigenvalue weighted by Crippen LogP contribution is 2.21. The van der Waals surface area contributed by atoms with E-state index in [1.807, 2.05) is 20.8 Å². The van der Waals surface area contributed by atoms with Crippen LogP contribution < -0.4 is 10.1 Å². The number of rotatable bonds is 5. The Morgan fingerprint density at radius 1 is 1.30 bits per heavy atom. The first-order chi connectivity index (χ1) is 12.6. The van der Waals surface area contributed by atoms with E-state index >= 15 is 0 Å². The first-order valence-corrected chi connectivity index (χ1v) is 9.34. The summed E-state index contributed by atoms with van der Waals surface area (Å²) >= 11 is 5.60. The van der Waals surface area contributed by atoms with Gasteiger partial charge in [0.1, 0.15) is 17.2 Å². The highest BCUT2D eigenvalue weighted by molar-refractivity contribution is 6.30. The summed E-state index contributed by atoms with van der Waals surface area (Å²) in [5.74, 6) is -0.329. The topological polar surface area (TPSA) is 67.9 Å². The minimum absolute atomic E-state index is 0.00419. The standard InChI is InChI=1S/C19H26ClFN2O4/c1-19(2,3)27-18(25)23-8-6-13(7-9-23)11-22-17(24)12-26-14-4-5-15(20)16(21)10-14/h4-5,10,13H,6-9,11-12H2,1-3H3,(H,22,24). The third kappa shape index (κ3) is 7.25. The number of amides is 2. The van der Waals surface area contributed by atoms with Crippen molar-refractivity contribution in [2.45, 2.75) is 39.2 Å². The zero-order valence-corrected chi connectivity index (χ0v) is 16.6. The van der Waals surface area contributed by atoms with Gasteiger partial charge in [0, 0.05) is 25.7 Å². The van der Waals surface area contributed by atoms with Crippen molar-refractivity contribution >= 4 is 23.6 Å². The monoisotopic (exact) mass is 400 g/mol. The molecule has 1 aliphatic rings. The Bertz CT molecular complexity index is 670. The zero-order valence-electron chi connectivity index (χ0n) is 15.9. The summed E-state index contributed by atoms with van der Waals surface area (Å²) in [7, 11) is 0. The van der Waals surface area contributed by atoms with Gasteiger partial charge in [-0.1, -0.05) is 11.6 Å². The Labute approximate surface area is 163 Å². The lowest BCUT2D eigenvalue weighted by atomic mass is 9.97. The highest BCUT2D eigenvalue weighted by atomic mass is 35.5. The fraction of sp³-hybridized carbons (Fsp3) is 0.579. The van der Waals surface area contributed by atoms with E-state index in [2.05, 4.69) is 5.32 Å². The summed E-state index contributed by atoms with van der Waals surface area (Å²) in [6.45, 7) is 7.05. The number of piperidine rings is 1. The lowest BCUT2D eigenvalue weighted by molar-refractivity contribution is -0.123. The van der Waals surface area contributed by atoms with Crippen LogP contribution in [0.5, 0.6) is 5.75 Å². The maximum atomic E-state index is 13.3. The Balaban J connectivity index is 1.66.